The van der Waals surface area contributed by atoms with Crippen LogP contribution in [0.25, 0.3) is 6.08 Å². The highest BCUT2D eigenvalue weighted by molar-refractivity contribution is 9.10. The van der Waals surface area contributed by atoms with Gasteiger partial charge in [-0.2, -0.15) is 0 Å². The standard InChI is InChI=1S/C29H23BrN4O3S/c30-24-10-4-5-11-25(24)33-27(35)19-38-23-14-12-22(13-15-23)32-29(37)26(17-20-7-6-16-31-18-20)34-28(36)21-8-2-1-3-9-21/h1-18H,19H2,(H,32,37)(H,33,35)(H,34,36)/b26-17-. The van der Waals surface area contributed by atoms with Crippen molar-refractivity contribution in [3.63, 3.8) is 0 Å². The third kappa shape index (κ3) is 7.89. The summed E-state index contributed by atoms with van der Waals surface area (Å²) in [5, 5.41) is 8.38. The van der Waals surface area contributed by atoms with Crippen molar-refractivity contribution in [2.24, 2.45) is 0 Å². The zero-order chi connectivity index (χ0) is 26.7. The van der Waals surface area contributed by atoms with E-state index >= 15 is 0 Å². The van der Waals surface area contributed by atoms with Crippen LogP contribution in [-0.2, 0) is 9.59 Å². The summed E-state index contributed by atoms with van der Waals surface area (Å²) in [5.74, 6) is -0.773. The Kier molecular flexibility index (Phi) is 9.44. The zero-order valence-electron chi connectivity index (χ0n) is 20.1. The van der Waals surface area contributed by atoms with Gasteiger partial charge >= 0.3 is 0 Å². The largest absolute Gasteiger partial charge is 0.324 e. The van der Waals surface area contributed by atoms with Gasteiger partial charge in [0.15, 0.2) is 0 Å². The molecule has 4 rings (SSSR count). The Balaban J connectivity index is 1.39. The predicted octanol–water partition coefficient (Wildman–Crippen LogP) is 5.98. The molecular formula is C29H23BrN4O3S. The maximum Gasteiger partial charge on any atom is 0.272 e. The van der Waals surface area contributed by atoms with Gasteiger partial charge in [-0.15, -0.1) is 11.8 Å². The molecule has 0 spiro atoms. The van der Waals surface area contributed by atoms with Gasteiger partial charge in [0.05, 0.1) is 11.4 Å². The van der Waals surface area contributed by atoms with Gasteiger partial charge in [-0.05, 0) is 82.2 Å². The van der Waals surface area contributed by atoms with Gasteiger partial charge in [0.25, 0.3) is 11.8 Å². The van der Waals surface area contributed by atoms with Crippen LogP contribution in [0.5, 0.6) is 0 Å². The third-order valence-electron chi connectivity index (χ3n) is 5.15. The maximum absolute atomic E-state index is 13.1. The van der Waals surface area contributed by atoms with E-state index in [-0.39, 0.29) is 17.4 Å². The molecule has 3 N–H and O–H groups in total. The molecule has 0 unspecified atom stereocenters. The first-order chi connectivity index (χ1) is 18.5. The number of carbonyl (C=O) groups is 3. The lowest BCUT2D eigenvalue weighted by Crippen LogP contribution is -2.30. The summed E-state index contributed by atoms with van der Waals surface area (Å²) >= 11 is 4.80. The summed E-state index contributed by atoms with van der Waals surface area (Å²) < 4.78 is 0.815. The van der Waals surface area contributed by atoms with Crippen LogP contribution in [0.3, 0.4) is 0 Å². The zero-order valence-corrected chi connectivity index (χ0v) is 22.5. The Morgan fingerprint density at radius 1 is 0.842 bits per heavy atom. The number of carbonyl (C=O) groups excluding carboxylic acids is 3. The van der Waals surface area contributed by atoms with Crippen LogP contribution in [0.2, 0.25) is 0 Å². The average Bonchev–Trinajstić information content (AvgIpc) is 2.94. The topological polar surface area (TPSA) is 100 Å². The molecule has 3 aromatic carbocycles. The van der Waals surface area contributed by atoms with Gasteiger partial charge in [-0.3, -0.25) is 19.4 Å². The number of thioether (sulfide) groups is 1. The van der Waals surface area contributed by atoms with Crippen LogP contribution in [0.1, 0.15) is 15.9 Å². The molecular weight excluding hydrogens is 564 g/mol. The van der Waals surface area contributed by atoms with Gasteiger partial charge in [0, 0.05) is 33.0 Å². The van der Waals surface area contributed by atoms with Crippen LogP contribution in [0, 0.1) is 0 Å². The molecule has 0 fully saturated rings. The molecule has 38 heavy (non-hydrogen) atoms. The number of amides is 3. The van der Waals surface area contributed by atoms with Gasteiger partial charge < -0.3 is 16.0 Å². The molecule has 0 saturated heterocycles. The summed E-state index contributed by atoms with van der Waals surface area (Å²) in [6, 6.07) is 26.7. The van der Waals surface area contributed by atoms with E-state index in [1.54, 1.807) is 67.0 Å². The minimum atomic E-state index is -0.480. The number of halogens is 1. The van der Waals surface area contributed by atoms with Gasteiger partial charge in [0.1, 0.15) is 5.70 Å². The summed E-state index contributed by atoms with van der Waals surface area (Å²) in [6.07, 6.45) is 4.79. The Labute approximate surface area is 232 Å². The van der Waals surface area contributed by atoms with Gasteiger partial charge in [0.2, 0.25) is 5.91 Å². The molecule has 0 atom stereocenters. The number of rotatable bonds is 9. The summed E-state index contributed by atoms with van der Waals surface area (Å²) in [6.45, 7) is 0. The number of anilines is 2. The lowest BCUT2D eigenvalue weighted by molar-refractivity contribution is -0.114. The van der Waals surface area contributed by atoms with Crippen molar-refractivity contribution in [2.45, 2.75) is 4.90 Å². The van der Waals surface area contributed by atoms with Crippen molar-refractivity contribution in [3.05, 3.63) is 125 Å². The number of benzene rings is 3. The molecule has 0 saturated carbocycles. The van der Waals surface area contributed by atoms with E-state index in [9.17, 15) is 14.4 Å². The molecule has 0 aliphatic carbocycles. The van der Waals surface area contributed by atoms with Crippen LogP contribution < -0.4 is 16.0 Å². The molecule has 3 amide bonds. The van der Waals surface area contributed by atoms with Crippen molar-refractivity contribution in [1.29, 1.82) is 0 Å². The van der Waals surface area contributed by atoms with Crippen molar-refractivity contribution >= 4 is 62.9 Å². The van der Waals surface area contributed by atoms with E-state index in [4.69, 9.17) is 0 Å². The third-order valence-corrected chi connectivity index (χ3v) is 6.86. The van der Waals surface area contributed by atoms with Crippen LogP contribution in [0.15, 0.2) is 118 Å². The second kappa shape index (κ2) is 13.4. The molecule has 7 nitrogen and oxygen atoms in total. The summed E-state index contributed by atoms with van der Waals surface area (Å²) in [5.41, 5.74) is 2.43. The highest BCUT2D eigenvalue weighted by Crippen LogP contribution is 2.24. The molecule has 0 bridgehead atoms. The smallest absolute Gasteiger partial charge is 0.272 e. The maximum atomic E-state index is 13.1. The second-order valence-electron chi connectivity index (χ2n) is 7.96. The van der Waals surface area contributed by atoms with Gasteiger partial charge in [-0.1, -0.05) is 36.4 Å². The van der Waals surface area contributed by atoms with E-state index in [2.05, 4.69) is 36.9 Å². The number of nitrogens with one attached hydrogen (secondary N) is 3. The minimum Gasteiger partial charge on any atom is -0.324 e. The Hall–Kier alpha value is -4.21. The average molecular weight is 587 g/mol. The first kappa shape index (κ1) is 26.8. The Bertz CT molecular complexity index is 1450. The highest BCUT2D eigenvalue weighted by atomic mass is 79.9. The van der Waals surface area contributed by atoms with Crippen molar-refractivity contribution in [3.8, 4) is 0 Å². The molecule has 190 valence electrons. The first-order valence-electron chi connectivity index (χ1n) is 11.5. The Morgan fingerprint density at radius 2 is 1.58 bits per heavy atom. The number of aromatic nitrogens is 1. The molecule has 1 heterocycles. The molecule has 1 aromatic heterocycles. The number of hydrogen-bond acceptors (Lipinski definition) is 5. The summed E-state index contributed by atoms with van der Waals surface area (Å²) in [4.78, 5) is 43.1. The molecule has 4 aromatic rings. The second-order valence-corrected chi connectivity index (χ2v) is 9.86. The molecule has 0 radical (unpaired) electrons. The highest BCUT2D eigenvalue weighted by Gasteiger charge is 2.15. The van der Waals surface area contributed by atoms with E-state index in [0.717, 1.165) is 9.37 Å². The molecule has 0 aliphatic heterocycles. The number of para-hydroxylation sites is 1. The normalized spacial score (nSPS) is 10.9. The fourth-order valence-corrected chi connectivity index (χ4v) is 4.38. The SMILES string of the molecule is O=C(CSc1ccc(NC(=O)/C(=C/c2cccnc2)NC(=O)c2ccccc2)cc1)Nc1ccccc1Br. The number of nitrogens with zero attached hydrogens (tertiary/aromatic N) is 1. The lowest BCUT2D eigenvalue weighted by atomic mass is 10.2. The van der Waals surface area contributed by atoms with E-state index < -0.39 is 11.8 Å². The van der Waals surface area contributed by atoms with Gasteiger partial charge in [-0.25, -0.2) is 0 Å². The van der Waals surface area contributed by atoms with E-state index in [1.807, 2.05) is 42.5 Å². The first-order valence-corrected chi connectivity index (χ1v) is 13.3. The molecule has 9 heteroatoms. The fraction of sp³-hybridized carbons (Fsp3) is 0.0345. The quantitative estimate of drug-likeness (QED) is 0.165. The monoisotopic (exact) mass is 586 g/mol. The van der Waals surface area contributed by atoms with Crippen molar-refractivity contribution < 1.29 is 14.4 Å². The Morgan fingerprint density at radius 3 is 2.29 bits per heavy atom. The fourth-order valence-electron chi connectivity index (χ4n) is 3.30. The van der Waals surface area contributed by atoms with Crippen LogP contribution in [-0.4, -0.2) is 28.5 Å². The van der Waals surface area contributed by atoms with Crippen LogP contribution in [0.4, 0.5) is 11.4 Å². The molecule has 0 aliphatic rings. The van der Waals surface area contributed by atoms with E-state index in [0.29, 0.717) is 22.5 Å². The van der Waals surface area contributed by atoms with E-state index in [1.165, 1.54) is 11.8 Å². The van der Waals surface area contributed by atoms with Crippen LogP contribution >= 0.6 is 27.7 Å². The van der Waals surface area contributed by atoms with Crippen molar-refractivity contribution in [2.75, 3.05) is 16.4 Å². The van der Waals surface area contributed by atoms with Crippen molar-refractivity contribution in [1.82, 2.24) is 10.3 Å². The summed E-state index contributed by atoms with van der Waals surface area (Å²) in [7, 11) is 0. The minimum absolute atomic E-state index is 0.0778. The lowest BCUT2D eigenvalue weighted by Gasteiger charge is -2.12. The number of hydrogen-bond donors (Lipinski definition) is 3. The predicted molar refractivity (Wildman–Crippen MR) is 155 cm³/mol. The number of pyridine rings is 1.